The van der Waals surface area contributed by atoms with E-state index >= 15 is 0 Å². The van der Waals surface area contributed by atoms with Crippen LogP contribution in [-0.4, -0.2) is 22.8 Å². The first-order chi connectivity index (χ1) is 12.8. The Morgan fingerprint density at radius 3 is 2.54 bits per heavy atom. The lowest BCUT2D eigenvalue weighted by Gasteiger charge is -1.99. The van der Waals surface area contributed by atoms with Crippen molar-refractivity contribution in [3.05, 3.63) is 78.6 Å². The van der Waals surface area contributed by atoms with Crippen LogP contribution in [-0.2, 0) is 4.74 Å². The Morgan fingerprint density at radius 2 is 1.81 bits per heavy atom. The number of hydrogen-bond acceptors (Lipinski definition) is 4. The maximum absolute atomic E-state index is 11.6. The van der Waals surface area contributed by atoms with Crippen LogP contribution in [0.25, 0.3) is 11.3 Å². The number of H-pyrrole nitrogens is 1. The minimum atomic E-state index is -0.352. The van der Waals surface area contributed by atoms with Crippen LogP contribution in [0, 0.1) is 0 Å². The highest BCUT2D eigenvalue weighted by atomic mass is 16.5. The first-order valence-electron chi connectivity index (χ1n) is 8.02. The number of nitrogens with one attached hydrogen (secondary N) is 1. The van der Waals surface area contributed by atoms with Gasteiger partial charge in [0, 0.05) is 11.6 Å². The van der Waals surface area contributed by atoms with E-state index in [0.29, 0.717) is 11.4 Å². The number of nitrogens with zero attached hydrogens (tertiary/aromatic N) is 4. The minimum absolute atomic E-state index is 0.352. The Kier molecular flexibility index (Phi) is 4.03. The summed E-state index contributed by atoms with van der Waals surface area (Å²) in [4.78, 5) is 11.6. The molecule has 4 rings (SSSR count). The van der Waals surface area contributed by atoms with Crippen LogP contribution in [0.1, 0.15) is 10.4 Å². The molecule has 2 heterocycles. The van der Waals surface area contributed by atoms with E-state index in [1.165, 1.54) is 7.11 Å². The molecule has 0 spiro atoms. The molecule has 4 aromatic rings. The summed E-state index contributed by atoms with van der Waals surface area (Å²) in [6, 6.07) is 18.7. The molecule has 0 atom stereocenters. The normalized spacial score (nSPS) is 11.3. The van der Waals surface area contributed by atoms with Gasteiger partial charge < -0.3 is 4.74 Å². The predicted octanol–water partition coefficient (Wildman–Crippen LogP) is 3.72. The topological polar surface area (TPSA) is 75.3 Å². The van der Waals surface area contributed by atoms with E-state index < -0.39 is 0 Å². The van der Waals surface area contributed by atoms with Crippen molar-refractivity contribution in [2.45, 2.75) is 0 Å². The number of hydrogen-bond donors (Lipinski definition) is 1. The third kappa shape index (κ3) is 2.86. The van der Waals surface area contributed by atoms with Crippen molar-refractivity contribution in [3.63, 3.8) is 0 Å². The zero-order valence-corrected chi connectivity index (χ0v) is 14.0. The summed E-state index contributed by atoms with van der Waals surface area (Å²) in [6.07, 6.45) is 3.77. The fourth-order valence-electron chi connectivity index (χ4n) is 2.68. The maximum atomic E-state index is 11.6. The number of aromatic amines is 1. The molecule has 2 aromatic heterocycles. The van der Waals surface area contributed by atoms with Crippen LogP contribution >= 0.6 is 0 Å². The molecule has 2 aromatic carbocycles. The van der Waals surface area contributed by atoms with Gasteiger partial charge >= 0.3 is 5.97 Å². The van der Waals surface area contributed by atoms with E-state index in [2.05, 4.69) is 15.3 Å². The number of aromatic nitrogens is 3. The molecule has 0 aliphatic heterocycles. The second-order valence-electron chi connectivity index (χ2n) is 5.59. The maximum Gasteiger partial charge on any atom is 0.337 e. The van der Waals surface area contributed by atoms with Crippen molar-refractivity contribution in [1.29, 1.82) is 0 Å². The van der Waals surface area contributed by atoms with Crippen LogP contribution < -0.4 is 4.52 Å². The van der Waals surface area contributed by atoms with Crippen LogP contribution in [0.5, 0.6) is 0 Å². The molecule has 0 fully saturated rings. The highest BCUT2D eigenvalue weighted by Crippen LogP contribution is 2.20. The van der Waals surface area contributed by atoms with E-state index in [1.54, 1.807) is 16.8 Å². The third-order valence-electron chi connectivity index (χ3n) is 3.99. The average molecular weight is 346 g/mol. The van der Waals surface area contributed by atoms with Gasteiger partial charge in [0.2, 0.25) is 11.5 Å². The molecular weight excluding hydrogens is 330 g/mol. The second kappa shape index (κ2) is 6.64. The molecule has 1 N–H and O–H groups in total. The Labute approximate surface area is 149 Å². The number of benzene rings is 2. The van der Waals surface area contributed by atoms with Crippen molar-refractivity contribution in [1.82, 2.24) is 9.73 Å². The van der Waals surface area contributed by atoms with Gasteiger partial charge in [-0.2, -0.15) is 5.10 Å². The van der Waals surface area contributed by atoms with E-state index in [1.807, 2.05) is 65.4 Å². The van der Waals surface area contributed by atoms with Gasteiger partial charge in [0.15, 0.2) is 6.20 Å². The molecule has 7 heteroatoms. The Hall–Kier alpha value is -3.74. The molecule has 26 heavy (non-hydrogen) atoms. The molecule has 7 nitrogen and oxygen atoms in total. The predicted molar refractivity (Wildman–Crippen MR) is 94.8 cm³/mol. The molecule has 0 unspecified atom stereocenters. The summed E-state index contributed by atoms with van der Waals surface area (Å²) in [7, 11) is 1.37. The van der Waals surface area contributed by atoms with Gasteiger partial charge in [-0.3, -0.25) is 0 Å². The molecule has 0 radical (unpaired) electrons. The molecule has 0 saturated carbocycles. The molecule has 0 bridgehead atoms. The number of fused-ring (bicyclic) bond motifs is 1. The number of ether oxygens (including phenoxy) is 1. The highest BCUT2D eigenvalue weighted by molar-refractivity contribution is 5.89. The fourth-order valence-corrected chi connectivity index (χ4v) is 2.68. The number of azo groups is 1. The van der Waals surface area contributed by atoms with Gasteiger partial charge in [0.05, 0.1) is 18.4 Å². The standard InChI is InChI=1S/C19H15N5O2/c1-26-19(25)15-9-7-14(8-10-15)17-13-20-24-18(11-12-23(17)24)22-21-16-5-3-2-4-6-16/h2-13H,1H3/p+1. The highest BCUT2D eigenvalue weighted by Gasteiger charge is 2.16. The molecule has 0 saturated heterocycles. The van der Waals surface area contributed by atoms with Crippen LogP contribution in [0.3, 0.4) is 0 Å². The smallest absolute Gasteiger partial charge is 0.337 e. The van der Waals surface area contributed by atoms with Gasteiger partial charge in [-0.1, -0.05) is 18.2 Å². The third-order valence-corrected chi connectivity index (χ3v) is 3.99. The SMILES string of the molecule is COC(=O)c1ccc(-c2c[nH]n3c(N=Nc4ccccc4)cc[n+]23)cc1. The Bertz CT molecular complexity index is 1080. The van der Waals surface area contributed by atoms with E-state index in [-0.39, 0.29) is 5.97 Å². The number of rotatable bonds is 4. The number of carbonyl (C=O) groups is 1. The van der Waals surface area contributed by atoms with Crippen molar-refractivity contribution in [3.8, 4) is 11.3 Å². The number of carbonyl (C=O) groups excluding carboxylic acids is 1. The van der Waals surface area contributed by atoms with Crippen molar-refractivity contribution in [2.24, 2.45) is 10.2 Å². The van der Waals surface area contributed by atoms with E-state index in [0.717, 1.165) is 16.9 Å². The average Bonchev–Trinajstić information content (AvgIpc) is 3.29. The fraction of sp³-hybridized carbons (Fsp3) is 0.0526. The summed E-state index contributed by atoms with van der Waals surface area (Å²) in [6.45, 7) is 0. The Morgan fingerprint density at radius 1 is 1.04 bits per heavy atom. The monoisotopic (exact) mass is 346 g/mol. The zero-order chi connectivity index (χ0) is 17.9. The van der Waals surface area contributed by atoms with Crippen LogP contribution in [0.15, 0.2) is 83.3 Å². The first-order valence-corrected chi connectivity index (χ1v) is 8.02. The summed E-state index contributed by atoms with van der Waals surface area (Å²) in [5, 5.41) is 11.7. The summed E-state index contributed by atoms with van der Waals surface area (Å²) >= 11 is 0. The van der Waals surface area contributed by atoms with Gasteiger partial charge in [0.1, 0.15) is 6.20 Å². The van der Waals surface area contributed by atoms with Gasteiger partial charge in [-0.15, -0.1) is 14.7 Å². The quantitative estimate of drug-likeness (QED) is 0.347. The Balaban J connectivity index is 1.65. The lowest BCUT2D eigenvalue weighted by atomic mass is 10.1. The summed E-state index contributed by atoms with van der Waals surface area (Å²) < 4.78 is 8.44. The van der Waals surface area contributed by atoms with E-state index in [4.69, 9.17) is 4.74 Å². The van der Waals surface area contributed by atoms with Crippen LogP contribution in [0.4, 0.5) is 11.5 Å². The molecule has 0 amide bonds. The van der Waals surface area contributed by atoms with Gasteiger partial charge in [0.25, 0.3) is 0 Å². The molecule has 0 aliphatic carbocycles. The summed E-state index contributed by atoms with van der Waals surface area (Å²) in [5.41, 5.74) is 3.19. The van der Waals surface area contributed by atoms with Gasteiger partial charge in [-0.05, 0) is 41.0 Å². The first kappa shape index (κ1) is 15.8. The largest absolute Gasteiger partial charge is 0.465 e. The zero-order valence-electron chi connectivity index (χ0n) is 14.0. The van der Waals surface area contributed by atoms with Gasteiger partial charge in [-0.25, -0.2) is 4.79 Å². The number of esters is 1. The summed E-state index contributed by atoms with van der Waals surface area (Å²) in [5.74, 6) is 0.320. The van der Waals surface area contributed by atoms with E-state index in [9.17, 15) is 4.79 Å². The van der Waals surface area contributed by atoms with Crippen LogP contribution in [0.2, 0.25) is 0 Å². The second-order valence-corrected chi connectivity index (χ2v) is 5.59. The number of methoxy groups -OCH3 is 1. The lowest BCUT2D eigenvalue weighted by Crippen LogP contribution is -2.26. The molecule has 128 valence electrons. The lowest BCUT2D eigenvalue weighted by molar-refractivity contribution is -0.605. The van der Waals surface area contributed by atoms with Crippen molar-refractivity contribution < 1.29 is 14.0 Å². The van der Waals surface area contributed by atoms with Crippen molar-refractivity contribution in [2.75, 3.05) is 7.11 Å². The van der Waals surface area contributed by atoms with Crippen molar-refractivity contribution >= 4 is 17.5 Å². The minimum Gasteiger partial charge on any atom is -0.465 e. The molecule has 0 aliphatic rings. The molecular formula is C19H16N5O2+.